The van der Waals surface area contributed by atoms with E-state index in [9.17, 15) is 14.7 Å². The SMILES string of the molecule is Cc1cn([C@H]2CC(N=C(N)N)[C@@H](CO)O2)c(=O)[nH]c1=O. The normalized spacial score (nSPS) is 25.6. The van der Waals surface area contributed by atoms with Crippen LogP contribution in [0.4, 0.5) is 0 Å². The van der Waals surface area contributed by atoms with Crippen LogP contribution in [0.3, 0.4) is 0 Å². The Morgan fingerprint density at radius 3 is 2.90 bits per heavy atom. The number of hydrogen-bond acceptors (Lipinski definition) is 5. The first-order valence-electron chi connectivity index (χ1n) is 6.09. The Bertz CT molecular complexity index is 630. The number of nitrogens with one attached hydrogen (secondary N) is 1. The molecule has 0 spiro atoms. The first-order valence-corrected chi connectivity index (χ1v) is 6.09. The number of aromatic amines is 1. The molecule has 1 aliphatic heterocycles. The fourth-order valence-corrected chi connectivity index (χ4v) is 2.18. The number of aliphatic imine (C=N–C) groups is 1. The van der Waals surface area contributed by atoms with Gasteiger partial charge in [-0.05, 0) is 6.92 Å². The van der Waals surface area contributed by atoms with Crippen molar-refractivity contribution < 1.29 is 9.84 Å². The Morgan fingerprint density at radius 2 is 2.30 bits per heavy atom. The zero-order valence-corrected chi connectivity index (χ0v) is 10.9. The first kappa shape index (κ1) is 14.3. The van der Waals surface area contributed by atoms with Crippen molar-refractivity contribution in [3.05, 3.63) is 32.6 Å². The Balaban J connectivity index is 2.32. The minimum absolute atomic E-state index is 0.109. The molecule has 1 saturated heterocycles. The number of aryl methyl sites for hydroxylation is 1. The number of nitrogens with zero attached hydrogens (tertiary/aromatic N) is 2. The van der Waals surface area contributed by atoms with Crippen LogP contribution in [0.2, 0.25) is 0 Å². The lowest BCUT2D eigenvalue weighted by atomic mass is 10.1. The van der Waals surface area contributed by atoms with Gasteiger partial charge in [-0.25, -0.2) is 9.79 Å². The number of ether oxygens (including phenoxy) is 1. The molecule has 9 heteroatoms. The molecule has 3 atom stereocenters. The van der Waals surface area contributed by atoms with Crippen molar-refractivity contribution in [1.82, 2.24) is 9.55 Å². The van der Waals surface area contributed by atoms with E-state index in [0.29, 0.717) is 12.0 Å². The van der Waals surface area contributed by atoms with E-state index in [2.05, 4.69) is 9.98 Å². The maximum absolute atomic E-state index is 11.8. The summed E-state index contributed by atoms with van der Waals surface area (Å²) < 4.78 is 6.82. The first-order chi connectivity index (χ1) is 9.42. The predicted octanol–water partition coefficient (Wildman–Crippen LogP) is -2.23. The highest BCUT2D eigenvalue weighted by Gasteiger charge is 2.36. The van der Waals surface area contributed by atoms with Crippen LogP contribution in [0.1, 0.15) is 18.2 Å². The van der Waals surface area contributed by atoms with Gasteiger partial charge in [0.15, 0.2) is 5.96 Å². The van der Waals surface area contributed by atoms with Crippen LogP contribution >= 0.6 is 0 Å². The molecule has 0 bridgehead atoms. The molecular weight excluding hydrogens is 266 g/mol. The minimum atomic E-state index is -0.636. The monoisotopic (exact) mass is 283 g/mol. The van der Waals surface area contributed by atoms with Crippen molar-refractivity contribution in [3.63, 3.8) is 0 Å². The molecule has 20 heavy (non-hydrogen) atoms. The van der Waals surface area contributed by atoms with E-state index in [1.807, 2.05) is 0 Å². The lowest BCUT2D eigenvalue weighted by Gasteiger charge is -2.14. The lowest BCUT2D eigenvalue weighted by Crippen LogP contribution is -2.33. The summed E-state index contributed by atoms with van der Waals surface area (Å²) in [6, 6.07) is -0.436. The van der Waals surface area contributed by atoms with Crippen LogP contribution < -0.4 is 22.7 Å². The van der Waals surface area contributed by atoms with Crippen molar-refractivity contribution >= 4 is 5.96 Å². The molecule has 0 aromatic carbocycles. The van der Waals surface area contributed by atoms with Gasteiger partial charge < -0.3 is 21.3 Å². The van der Waals surface area contributed by atoms with Crippen molar-refractivity contribution in [3.8, 4) is 0 Å². The number of aliphatic hydroxyl groups excluding tert-OH is 1. The van der Waals surface area contributed by atoms with Crippen LogP contribution in [0, 0.1) is 6.92 Å². The second-order valence-corrected chi connectivity index (χ2v) is 4.65. The van der Waals surface area contributed by atoms with Crippen LogP contribution in [0.5, 0.6) is 0 Å². The van der Waals surface area contributed by atoms with Gasteiger partial charge in [0, 0.05) is 18.2 Å². The van der Waals surface area contributed by atoms with Gasteiger partial charge in [0.05, 0.1) is 12.6 Å². The number of nitrogens with two attached hydrogens (primary N) is 2. The maximum Gasteiger partial charge on any atom is 0.330 e. The van der Waals surface area contributed by atoms with Gasteiger partial charge in [0.1, 0.15) is 12.3 Å². The zero-order chi connectivity index (χ0) is 14.9. The zero-order valence-electron chi connectivity index (χ0n) is 10.9. The van der Waals surface area contributed by atoms with Crippen LogP contribution in [-0.4, -0.2) is 39.4 Å². The van der Waals surface area contributed by atoms with E-state index in [1.165, 1.54) is 10.8 Å². The molecule has 1 unspecified atom stereocenters. The maximum atomic E-state index is 11.8. The molecular formula is C11H17N5O4. The standard InChI is InChI=1S/C11H17N5O4/c1-5-3-16(11(19)15-9(5)18)8-2-6(14-10(12)13)7(4-17)20-8/h3,6-8,17H,2,4H2,1H3,(H4,12,13,14)(H,15,18,19)/t6?,7-,8-/m1/s1. The molecule has 6 N–H and O–H groups in total. The fourth-order valence-electron chi connectivity index (χ4n) is 2.18. The third-order valence-electron chi connectivity index (χ3n) is 3.16. The third-order valence-corrected chi connectivity index (χ3v) is 3.16. The summed E-state index contributed by atoms with van der Waals surface area (Å²) in [4.78, 5) is 29.3. The Kier molecular flexibility index (Phi) is 3.91. The van der Waals surface area contributed by atoms with Crippen molar-refractivity contribution in [2.45, 2.75) is 31.7 Å². The van der Waals surface area contributed by atoms with Gasteiger partial charge in [-0.3, -0.25) is 14.3 Å². The largest absolute Gasteiger partial charge is 0.394 e. The van der Waals surface area contributed by atoms with Gasteiger partial charge >= 0.3 is 5.69 Å². The van der Waals surface area contributed by atoms with Gasteiger partial charge in [-0.1, -0.05) is 0 Å². The van der Waals surface area contributed by atoms with E-state index in [4.69, 9.17) is 16.2 Å². The molecule has 2 heterocycles. The summed E-state index contributed by atoms with van der Waals surface area (Å²) in [5.41, 5.74) is 10.0. The summed E-state index contributed by atoms with van der Waals surface area (Å²) in [6.07, 6.45) is 0.511. The smallest absolute Gasteiger partial charge is 0.330 e. The number of rotatable bonds is 3. The van der Waals surface area contributed by atoms with Crippen LogP contribution in [0.25, 0.3) is 0 Å². The van der Waals surface area contributed by atoms with E-state index in [-0.39, 0.29) is 12.6 Å². The van der Waals surface area contributed by atoms with Crippen molar-refractivity contribution in [2.24, 2.45) is 16.5 Å². The molecule has 1 aromatic rings. The van der Waals surface area contributed by atoms with Gasteiger partial charge in [-0.2, -0.15) is 0 Å². The quantitative estimate of drug-likeness (QED) is 0.364. The average molecular weight is 283 g/mol. The molecule has 110 valence electrons. The Labute approximate surface area is 113 Å². The predicted molar refractivity (Wildman–Crippen MR) is 71.3 cm³/mol. The highest BCUT2D eigenvalue weighted by molar-refractivity contribution is 5.75. The summed E-state index contributed by atoms with van der Waals surface area (Å²) in [5.74, 6) is -0.109. The number of H-pyrrole nitrogens is 1. The van der Waals surface area contributed by atoms with E-state index in [0.717, 1.165) is 0 Å². The molecule has 2 rings (SSSR count). The van der Waals surface area contributed by atoms with Gasteiger partial charge in [0.25, 0.3) is 5.56 Å². The van der Waals surface area contributed by atoms with Crippen LogP contribution in [0.15, 0.2) is 20.8 Å². The number of hydrogen-bond donors (Lipinski definition) is 4. The number of aliphatic hydroxyl groups is 1. The summed E-state index contributed by atoms with van der Waals surface area (Å²) in [7, 11) is 0. The summed E-state index contributed by atoms with van der Waals surface area (Å²) >= 11 is 0. The molecule has 0 radical (unpaired) electrons. The second kappa shape index (κ2) is 5.47. The summed E-state index contributed by atoms with van der Waals surface area (Å²) in [5, 5.41) is 9.26. The molecule has 1 aliphatic rings. The lowest BCUT2D eigenvalue weighted by molar-refractivity contribution is -0.0270. The highest BCUT2D eigenvalue weighted by atomic mass is 16.5. The fraction of sp³-hybridized carbons (Fsp3) is 0.545. The summed E-state index contributed by atoms with van der Waals surface area (Å²) in [6.45, 7) is 1.32. The number of aromatic nitrogens is 2. The second-order valence-electron chi connectivity index (χ2n) is 4.65. The van der Waals surface area contributed by atoms with E-state index >= 15 is 0 Å². The minimum Gasteiger partial charge on any atom is -0.394 e. The third kappa shape index (κ3) is 2.73. The number of guanidine groups is 1. The molecule has 9 nitrogen and oxygen atoms in total. The average Bonchev–Trinajstić information content (AvgIpc) is 2.75. The molecule has 1 fully saturated rings. The van der Waals surface area contributed by atoms with Crippen molar-refractivity contribution in [2.75, 3.05) is 6.61 Å². The Hall–Kier alpha value is -2.13. The van der Waals surface area contributed by atoms with Gasteiger partial charge in [0.2, 0.25) is 0 Å². The molecule has 1 aromatic heterocycles. The highest BCUT2D eigenvalue weighted by Crippen LogP contribution is 2.29. The van der Waals surface area contributed by atoms with E-state index in [1.54, 1.807) is 6.92 Å². The topological polar surface area (TPSA) is 149 Å². The molecule has 0 amide bonds. The van der Waals surface area contributed by atoms with Crippen LogP contribution in [-0.2, 0) is 4.74 Å². The van der Waals surface area contributed by atoms with Gasteiger partial charge in [-0.15, -0.1) is 0 Å². The molecule has 0 saturated carbocycles. The Morgan fingerprint density at radius 1 is 1.60 bits per heavy atom. The molecule has 0 aliphatic carbocycles. The van der Waals surface area contributed by atoms with Crippen molar-refractivity contribution in [1.29, 1.82) is 0 Å². The van der Waals surface area contributed by atoms with E-state index < -0.39 is 29.6 Å².